The maximum atomic E-state index is 3.92. The Labute approximate surface area is 123 Å². The fourth-order valence-corrected chi connectivity index (χ4v) is 2.35. The summed E-state index contributed by atoms with van der Waals surface area (Å²) in [6.07, 6.45) is 1.60. The molecule has 0 bridgehead atoms. The van der Waals surface area contributed by atoms with Gasteiger partial charge in [0.15, 0.2) is 0 Å². The van der Waals surface area contributed by atoms with Gasteiger partial charge in [-0.3, -0.25) is 0 Å². The number of aromatic nitrogens is 4. The standard InChI is InChI=1S/C16H17N5/c1-12-10-15(8-9-16(12)21-11-17-19-20-21)18-13(2)14-6-4-3-5-7-14/h3-11,13,18H,1-2H3. The summed E-state index contributed by atoms with van der Waals surface area (Å²) >= 11 is 0. The van der Waals surface area contributed by atoms with Crippen molar-refractivity contribution in [3.63, 3.8) is 0 Å². The molecule has 0 aliphatic carbocycles. The number of benzene rings is 2. The molecule has 0 amide bonds. The first-order valence-electron chi connectivity index (χ1n) is 6.89. The first kappa shape index (κ1) is 13.3. The van der Waals surface area contributed by atoms with E-state index < -0.39 is 0 Å². The summed E-state index contributed by atoms with van der Waals surface area (Å²) in [5, 5.41) is 14.8. The molecular weight excluding hydrogens is 262 g/mol. The molecule has 0 aliphatic heterocycles. The molecule has 21 heavy (non-hydrogen) atoms. The smallest absolute Gasteiger partial charge is 0.143 e. The number of tetrazole rings is 1. The van der Waals surface area contributed by atoms with Gasteiger partial charge < -0.3 is 5.32 Å². The quantitative estimate of drug-likeness (QED) is 0.797. The molecule has 106 valence electrons. The van der Waals surface area contributed by atoms with Crippen LogP contribution in [-0.2, 0) is 0 Å². The number of hydrogen-bond donors (Lipinski definition) is 1. The van der Waals surface area contributed by atoms with Gasteiger partial charge in [0, 0.05) is 11.7 Å². The van der Waals surface area contributed by atoms with E-state index in [1.54, 1.807) is 11.0 Å². The maximum absolute atomic E-state index is 3.92. The van der Waals surface area contributed by atoms with E-state index in [0.717, 1.165) is 16.9 Å². The van der Waals surface area contributed by atoms with Crippen molar-refractivity contribution < 1.29 is 0 Å². The van der Waals surface area contributed by atoms with Crippen LogP contribution >= 0.6 is 0 Å². The van der Waals surface area contributed by atoms with Crippen molar-refractivity contribution in [3.05, 3.63) is 66.0 Å². The molecule has 5 heteroatoms. The maximum Gasteiger partial charge on any atom is 0.143 e. The molecule has 0 saturated heterocycles. The Morgan fingerprint density at radius 1 is 1.10 bits per heavy atom. The molecule has 1 unspecified atom stereocenters. The van der Waals surface area contributed by atoms with Gasteiger partial charge in [-0.15, -0.1) is 5.10 Å². The topological polar surface area (TPSA) is 55.6 Å². The molecule has 1 aromatic heterocycles. The predicted molar refractivity (Wildman–Crippen MR) is 82.4 cm³/mol. The van der Waals surface area contributed by atoms with Gasteiger partial charge in [-0.2, -0.15) is 0 Å². The summed E-state index contributed by atoms with van der Waals surface area (Å²) in [6.45, 7) is 4.20. The summed E-state index contributed by atoms with van der Waals surface area (Å²) in [5.41, 5.74) is 4.45. The summed E-state index contributed by atoms with van der Waals surface area (Å²) in [4.78, 5) is 0. The van der Waals surface area contributed by atoms with Crippen LogP contribution in [0, 0.1) is 6.92 Å². The number of hydrogen-bond acceptors (Lipinski definition) is 4. The largest absolute Gasteiger partial charge is 0.379 e. The van der Waals surface area contributed by atoms with E-state index in [0.29, 0.717) is 0 Å². The van der Waals surface area contributed by atoms with E-state index in [1.165, 1.54) is 5.56 Å². The molecule has 3 rings (SSSR count). The minimum absolute atomic E-state index is 0.254. The minimum atomic E-state index is 0.254. The molecule has 1 heterocycles. The highest BCUT2D eigenvalue weighted by Crippen LogP contribution is 2.22. The van der Waals surface area contributed by atoms with E-state index in [4.69, 9.17) is 0 Å². The Hall–Kier alpha value is -2.69. The second-order valence-electron chi connectivity index (χ2n) is 5.03. The van der Waals surface area contributed by atoms with Crippen molar-refractivity contribution in [3.8, 4) is 5.69 Å². The number of nitrogens with zero attached hydrogens (tertiary/aromatic N) is 4. The van der Waals surface area contributed by atoms with Gasteiger partial charge in [-0.05, 0) is 53.6 Å². The zero-order chi connectivity index (χ0) is 14.7. The van der Waals surface area contributed by atoms with Crippen molar-refractivity contribution in [1.82, 2.24) is 20.2 Å². The molecule has 1 atom stereocenters. The van der Waals surface area contributed by atoms with Crippen LogP contribution in [0.3, 0.4) is 0 Å². The lowest BCUT2D eigenvalue weighted by Gasteiger charge is -2.17. The summed E-state index contributed by atoms with van der Waals surface area (Å²) in [7, 11) is 0. The third-order valence-electron chi connectivity index (χ3n) is 3.48. The highest BCUT2D eigenvalue weighted by molar-refractivity contribution is 5.54. The van der Waals surface area contributed by atoms with Gasteiger partial charge in [0.2, 0.25) is 0 Å². The molecule has 0 spiro atoms. The van der Waals surface area contributed by atoms with Gasteiger partial charge in [0.25, 0.3) is 0 Å². The van der Waals surface area contributed by atoms with E-state index in [2.05, 4.69) is 65.0 Å². The third-order valence-corrected chi connectivity index (χ3v) is 3.48. The van der Waals surface area contributed by atoms with Gasteiger partial charge in [-0.25, -0.2) is 4.68 Å². The number of nitrogens with one attached hydrogen (secondary N) is 1. The zero-order valence-electron chi connectivity index (χ0n) is 12.1. The normalized spacial score (nSPS) is 12.1. The van der Waals surface area contributed by atoms with E-state index in [-0.39, 0.29) is 6.04 Å². The monoisotopic (exact) mass is 279 g/mol. The number of aryl methyl sites for hydroxylation is 1. The van der Waals surface area contributed by atoms with Gasteiger partial charge >= 0.3 is 0 Å². The van der Waals surface area contributed by atoms with E-state index >= 15 is 0 Å². The third kappa shape index (κ3) is 2.91. The molecule has 0 aliphatic rings. The van der Waals surface area contributed by atoms with Crippen LogP contribution in [0.5, 0.6) is 0 Å². The first-order chi connectivity index (χ1) is 10.2. The molecule has 0 saturated carbocycles. The number of anilines is 1. The van der Waals surface area contributed by atoms with Crippen LogP contribution in [0.2, 0.25) is 0 Å². The van der Waals surface area contributed by atoms with Crippen molar-refractivity contribution in [2.45, 2.75) is 19.9 Å². The summed E-state index contributed by atoms with van der Waals surface area (Å²) in [5.74, 6) is 0. The highest BCUT2D eigenvalue weighted by Gasteiger charge is 2.07. The molecule has 2 aromatic carbocycles. The Bertz CT molecular complexity index is 707. The van der Waals surface area contributed by atoms with Crippen molar-refractivity contribution in [2.24, 2.45) is 0 Å². The Balaban J connectivity index is 1.80. The minimum Gasteiger partial charge on any atom is -0.379 e. The van der Waals surface area contributed by atoms with Crippen LogP contribution < -0.4 is 5.32 Å². The SMILES string of the molecule is Cc1cc(NC(C)c2ccccc2)ccc1-n1cnnn1. The Morgan fingerprint density at radius 3 is 2.57 bits per heavy atom. The highest BCUT2D eigenvalue weighted by atomic mass is 15.5. The molecule has 3 aromatic rings. The van der Waals surface area contributed by atoms with Crippen LogP contribution in [-0.4, -0.2) is 20.2 Å². The van der Waals surface area contributed by atoms with Crippen molar-refractivity contribution >= 4 is 5.69 Å². The van der Waals surface area contributed by atoms with Crippen LogP contribution in [0.1, 0.15) is 24.1 Å². The predicted octanol–water partition coefficient (Wildman–Crippen LogP) is 3.14. The van der Waals surface area contributed by atoms with E-state index in [9.17, 15) is 0 Å². The van der Waals surface area contributed by atoms with Crippen molar-refractivity contribution in [2.75, 3.05) is 5.32 Å². The van der Waals surface area contributed by atoms with Gasteiger partial charge in [0.1, 0.15) is 6.33 Å². The second-order valence-corrected chi connectivity index (χ2v) is 5.03. The molecule has 5 nitrogen and oxygen atoms in total. The fourth-order valence-electron chi connectivity index (χ4n) is 2.35. The van der Waals surface area contributed by atoms with Gasteiger partial charge in [0.05, 0.1) is 5.69 Å². The molecule has 0 fully saturated rings. The van der Waals surface area contributed by atoms with Crippen LogP contribution in [0.15, 0.2) is 54.9 Å². The summed E-state index contributed by atoms with van der Waals surface area (Å²) in [6, 6.07) is 16.8. The second kappa shape index (κ2) is 5.75. The Morgan fingerprint density at radius 2 is 1.90 bits per heavy atom. The lowest BCUT2D eigenvalue weighted by atomic mass is 10.1. The zero-order valence-corrected chi connectivity index (χ0v) is 12.1. The lowest BCUT2D eigenvalue weighted by Crippen LogP contribution is -2.07. The van der Waals surface area contributed by atoms with Crippen molar-refractivity contribution in [1.29, 1.82) is 0 Å². The lowest BCUT2D eigenvalue weighted by molar-refractivity contribution is 0.785. The van der Waals surface area contributed by atoms with E-state index in [1.807, 2.05) is 18.2 Å². The Kier molecular flexibility index (Phi) is 3.64. The molecule has 1 N–H and O–H groups in total. The average Bonchev–Trinajstić information content (AvgIpc) is 3.02. The molecule has 0 radical (unpaired) electrons. The average molecular weight is 279 g/mol. The fraction of sp³-hybridized carbons (Fsp3) is 0.188. The van der Waals surface area contributed by atoms with Crippen LogP contribution in [0.4, 0.5) is 5.69 Å². The van der Waals surface area contributed by atoms with Crippen LogP contribution in [0.25, 0.3) is 5.69 Å². The molecular formula is C16H17N5. The first-order valence-corrected chi connectivity index (χ1v) is 6.89. The summed E-state index contributed by atoms with van der Waals surface area (Å²) < 4.78 is 1.67. The number of rotatable bonds is 4. The van der Waals surface area contributed by atoms with Gasteiger partial charge in [-0.1, -0.05) is 30.3 Å².